The first-order valence-electron chi connectivity index (χ1n) is 15.4. The highest BCUT2D eigenvalue weighted by molar-refractivity contribution is 8.26. The standard InChI is InChI=1S/C35H28N2O5S4/c38-27(39)17-36-34(40)26(45-35(36)43)16-22-11-12-25(44-22)33-31-30(41-13-14-42-31)32(46-33)18-7-9-21(10-8-18)37-24-4-2-1-3-23(24)28-19-5-6-20(15-19)29(28)37/h1-4,7-12,16,19-20,28-29H,5-6,13-15,17H2,(H,38,39)/b26-16-. The molecular weight excluding hydrogens is 657 g/mol. The SMILES string of the molecule is O=C(O)CN1C(=O)/C(=C/c2ccc(-c3sc(-c4ccc(N5c6ccccc6C6C7CCC(C7)C65)cc4)c4c3OCCO4)s2)SC1=S. The monoisotopic (exact) mass is 684 g/mol. The Morgan fingerprint density at radius 2 is 1.72 bits per heavy atom. The number of hydrogen-bond donors (Lipinski definition) is 1. The number of benzene rings is 2. The van der Waals surface area contributed by atoms with Crippen LogP contribution in [-0.2, 0) is 9.59 Å². The van der Waals surface area contributed by atoms with Crippen LogP contribution in [0, 0.1) is 11.8 Å². The minimum Gasteiger partial charge on any atom is -0.485 e. The van der Waals surface area contributed by atoms with Crippen LogP contribution >= 0.6 is 46.7 Å². The van der Waals surface area contributed by atoms with Gasteiger partial charge in [-0.05, 0) is 78.6 Å². The number of nitrogens with zero attached hydrogens (tertiary/aromatic N) is 2. The van der Waals surface area contributed by atoms with E-state index in [-0.39, 0.29) is 10.2 Å². The fraction of sp³-hybridized carbons (Fsp3) is 0.286. The van der Waals surface area contributed by atoms with Gasteiger partial charge in [0.1, 0.15) is 24.1 Å². The molecule has 232 valence electrons. The minimum absolute atomic E-state index is 0.258. The maximum atomic E-state index is 12.8. The number of carbonyl (C=O) groups excluding carboxylic acids is 1. The summed E-state index contributed by atoms with van der Waals surface area (Å²) >= 11 is 9.59. The first kappa shape index (κ1) is 28.6. The number of hydrogen-bond acceptors (Lipinski definition) is 9. The molecule has 1 N–H and O–H groups in total. The van der Waals surface area contributed by atoms with Gasteiger partial charge in [0.2, 0.25) is 0 Å². The van der Waals surface area contributed by atoms with Crippen molar-refractivity contribution in [2.75, 3.05) is 24.7 Å². The Morgan fingerprint density at radius 1 is 0.957 bits per heavy atom. The van der Waals surface area contributed by atoms with Gasteiger partial charge in [-0.1, -0.05) is 54.3 Å². The number of aliphatic carboxylic acids is 1. The molecule has 4 unspecified atom stereocenters. The van der Waals surface area contributed by atoms with E-state index in [1.807, 2.05) is 12.1 Å². The number of para-hydroxylation sites is 1. The Kier molecular flexibility index (Phi) is 6.82. The lowest BCUT2D eigenvalue weighted by atomic mass is 9.82. The van der Waals surface area contributed by atoms with Crippen LogP contribution < -0.4 is 14.4 Å². The molecule has 5 heterocycles. The number of carboxylic acid groups (broad SMARTS) is 1. The van der Waals surface area contributed by atoms with Gasteiger partial charge >= 0.3 is 5.97 Å². The van der Waals surface area contributed by atoms with Crippen LogP contribution in [0.2, 0.25) is 0 Å². The van der Waals surface area contributed by atoms with Gasteiger partial charge in [0, 0.05) is 33.1 Å². The van der Waals surface area contributed by atoms with Crippen molar-refractivity contribution in [3.63, 3.8) is 0 Å². The summed E-state index contributed by atoms with van der Waals surface area (Å²) in [4.78, 5) is 32.1. The Morgan fingerprint density at radius 3 is 2.52 bits per heavy atom. The van der Waals surface area contributed by atoms with Crippen LogP contribution in [0.1, 0.15) is 35.6 Å². The Bertz CT molecular complexity index is 1960. The van der Waals surface area contributed by atoms with Crippen molar-refractivity contribution in [3.05, 3.63) is 76.0 Å². The van der Waals surface area contributed by atoms with Gasteiger partial charge < -0.3 is 19.5 Å². The fourth-order valence-electron chi connectivity index (χ4n) is 8.06. The number of anilines is 2. The number of carbonyl (C=O) groups is 2. The highest BCUT2D eigenvalue weighted by atomic mass is 32.2. The van der Waals surface area contributed by atoms with E-state index in [2.05, 4.69) is 53.4 Å². The molecule has 0 spiro atoms. The first-order chi connectivity index (χ1) is 22.4. The van der Waals surface area contributed by atoms with Crippen LogP contribution in [0.15, 0.2) is 65.6 Å². The second-order valence-electron chi connectivity index (χ2n) is 12.3. The molecular formula is C35H28N2O5S4. The number of fused-ring (bicyclic) bond motifs is 8. The fourth-order valence-corrected chi connectivity index (χ4v) is 11.6. The number of amides is 1. The topological polar surface area (TPSA) is 79.3 Å². The third-order valence-electron chi connectivity index (χ3n) is 9.82. The van der Waals surface area contributed by atoms with Gasteiger partial charge in [0.25, 0.3) is 5.91 Å². The summed E-state index contributed by atoms with van der Waals surface area (Å²) in [5, 5.41) is 9.14. The highest BCUT2D eigenvalue weighted by Gasteiger charge is 2.55. The zero-order valence-corrected chi connectivity index (χ0v) is 27.8. The molecule has 2 aliphatic carbocycles. The summed E-state index contributed by atoms with van der Waals surface area (Å²) in [5.74, 6) is 2.28. The van der Waals surface area contributed by atoms with Gasteiger partial charge in [0.15, 0.2) is 11.5 Å². The Hall–Kier alpha value is -3.64. The molecule has 1 saturated heterocycles. The van der Waals surface area contributed by atoms with Gasteiger partial charge in [-0.15, -0.1) is 22.7 Å². The molecule has 4 aromatic rings. The van der Waals surface area contributed by atoms with E-state index in [0.29, 0.717) is 30.1 Å². The number of thiophene rings is 2. The van der Waals surface area contributed by atoms with E-state index in [9.17, 15) is 9.59 Å². The summed E-state index contributed by atoms with van der Waals surface area (Å²) in [7, 11) is 0. The predicted molar refractivity (Wildman–Crippen MR) is 188 cm³/mol. The van der Waals surface area contributed by atoms with Gasteiger partial charge in [-0.2, -0.15) is 0 Å². The summed E-state index contributed by atoms with van der Waals surface area (Å²) in [6, 6.07) is 22.5. The van der Waals surface area contributed by atoms with Crippen molar-refractivity contribution in [1.82, 2.24) is 4.90 Å². The number of ether oxygens (including phenoxy) is 2. The van der Waals surface area contributed by atoms with Crippen molar-refractivity contribution < 1.29 is 24.2 Å². The van der Waals surface area contributed by atoms with Gasteiger partial charge in [-0.3, -0.25) is 14.5 Å². The minimum atomic E-state index is -1.10. The van der Waals surface area contributed by atoms with Crippen LogP contribution in [0.25, 0.3) is 26.3 Å². The molecule has 11 heteroatoms. The highest BCUT2D eigenvalue weighted by Crippen LogP contribution is 2.62. The molecule has 1 amide bonds. The quantitative estimate of drug-likeness (QED) is 0.161. The van der Waals surface area contributed by atoms with Crippen LogP contribution in [0.3, 0.4) is 0 Å². The third kappa shape index (κ3) is 4.46. The van der Waals surface area contributed by atoms with E-state index in [1.165, 1.54) is 36.2 Å². The smallest absolute Gasteiger partial charge is 0.323 e. The molecule has 9 rings (SSSR count). The number of rotatable bonds is 6. The van der Waals surface area contributed by atoms with E-state index < -0.39 is 12.5 Å². The lowest BCUT2D eigenvalue weighted by molar-refractivity contribution is -0.140. The molecule has 2 aromatic heterocycles. The number of carboxylic acids is 1. The second-order valence-corrected chi connectivity index (χ2v) is 16.1. The van der Waals surface area contributed by atoms with Crippen LogP contribution in [0.4, 0.5) is 11.4 Å². The van der Waals surface area contributed by atoms with E-state index in [4.69, 9.17) is 26.8 Å². The van der Waals surface area contributed by atoms with E-state index in [1.54, 1.807) is 28.7 Å². The molecule has 2 aromatic carbocycles. The van der Waals surface area contributed by atoms with Crippen molar-refractivity contribution in [1.29, 1.82) is 0 Å². The summed E-state index contributed by atoms with van der Waals surface area (Å²) in [6.45, 7) is 0.546. The first-order valence-corrected chi connectivity index (χ1v) is 18.3. The summed E-state index contributed by atoms with van der Waals surface area (Å²) in [5.41, 5.74) is 5.23. The van der Waals surface area contributed by atoms with Crippen molar-refractivity contribution >= 4 is 80.3 Å². The average molecular weight is 685 g/mol. The van der Waals surface area contributed by atoms with Crippen molar-refractivity contribution in [3.8, 4) is 31.7 Å². The molecule has 5 aliphatic rings. The molecule has 2 saturated carbocycles. The lowest BCUT2D eigenvalue weighted by Gasteiger charge is -2.33. The summed E-state index contributed by atoms with van der Waals surface area (Å²) in [6.07, 6.45) is 5.83. The van der Waals surface area contributed by atoms with E-state index >= 15 is 0 Å². The Balaban J connectivity index is 1.02. The van der Waals surface area contributed by atoms with Gasteiger partial charge in [-0.25, -0.2) is 0 Å². The van der Waals surface area contributed by atoms with Crippen LogP contribution in [0.5, 0.6) is 11.5 Å². The average Bonchev–Trinajstić information content (AvgIpc) is 3.91. The largest absolute Gasteiger partial charge is 0.485 e. The van der Waals surface area contributed by atoms with E-state index in [0.717, 1.165) is 65.1 Å². The Labute approximate surface area is 283 Å². The molecule has 4 atom stereocenters. The third-order valence-corrected chi connectivity index (χ3v) is 13.6. The summed E-state index contributed by atoms with van der Waals surface area (Å²) < 4.78 is 12.7. The molecule has 2 bridgehead atoms. The van der Waals surface area contributed by atoms with Crippen molar-refractivity contribution in [2.24, 2.45) is 11.8 Å². The number of thiocarbonyl (C=S) groups is 1. The molecule has 3 fully saturated rings. The maximum Gasteiger partial charge on any atom is 0.323 e. The van der Waals surface area contributed by atoms with Gasteiger partial charge in [0.05, 0.1) is 14.7 Å². The zero-order valence-electron chi connectivity index (χ0n) is 24.5. The number of thioether (sulfide) groups is 1. The van der Waals surface area contributed by atoms with Crippen LogP contribution in [-0.4, -0.2) is 52.0 Å². The molecule has 3 aliphatic heterocycles. The zero-order chi connectivity index (χ0) is 31.1. The molecule has 7 nitrogen and oxygen atoms in total. The predicted octanol–water partition coefficient (Wildman–Crippen LogP) is 8.23. The second kappa shape index (κ2) is 11.0. The molecule has 0 radical (unpaired) electrons. The lowest BCUT2D eigenvalue weighted by Crippen LogP contribution is -2.35. The normalized spacial score (nSPS) is 25.1. The molecule has 46 heavy (non-hydrogen) atoms. The van der Waals surface area contributed by atoms with Crippen molar-refractivity contribution in [2.45, 2.75) is 31.2 Å². The maximum absolute atomic E-state index is 12.8.